The summed E-state index contributed by atoms with van der Waals surface area (Å²) >= 11 is 0. The van der Waals surface area contributed by atoms with Gasteiger partial charge in [-0.1, -0.05) is 48.5 Å². The molecular weight excluding hydrogens is 371 g/mol. The minimum Gasteiger partial charge on any atom is -0.310 e. The van der Waals surface area contributed by atoms with Crippen molar-refractivity contribution in [3.63, 3.8) is 0 Å². The fraction of sp³-hybridized carbons (Fsp3) is 0.150. The predicted octanol–water partition coefficient (Wildman–Crippen LogP) is 3.93. The molecule has 0 bridgehead atoms. The number of aromatic amines is 1. The molecule has 0 unspecified atom stereocenters. The van der Waals surface area contributed by atoms with Crippen LogP contribution in [0.15, 0.2) is 59.4 Å². The van der Waals surface area contributed by atoms with Crippen LogP contribution in [0.25, 0.3) is 11.4 Å². The van der Waals surface area contributed by atoms with E-state index in [0.717, 1.165) is 6.07 Å². The topological polar surface area (TPSA) is 74.8 Å². The van der Waals surface area contributed by atoms with Crippen LogP contribution in [0.4, 0.5) is 19.0 Å². The first kappa shape index (κ1) is 18.0. The number of hydrogen-bond acceptors (Lipinski definition) is 3. The van der Waals surface area contributed by atoms with E-state index in [4.69, 9.17) is 0 Å². The Morgan fingerprint density at radius 3 is 2.36 bits per heavy atom. The van der Waals surface area contributed by atoms with Crippen molar-refractivity contribution in [3.05, 3.63) is 81.6 Å². The number of benzene rings is 2. The minimum absolute atomic E-state index is 0.0131. The maximum atomic E-state index is 13.5. The SMILES string of the molecule is O=C1C[C@H](c2ccccc2C(F)(F)F)c2c(nc(-c3ccccc3)[nH]c2=O)N1. The lowest BCUT2D eigenvalue weighted by Gasteiger charge is -2.26. The van der Waals surface area contributed by atoms with E-state index in [1.807, 2.05) is 0 Å². The number of nitrogens with zero attached hydrogens (tertiary/aromatic N) is 1. The maximum absolute atomic E-state index is 13.5. The third-order valence-corrected chi connectivity index (χ3v) is 4.64. The zero-order valence-electron chi connectivity index (χ0n) is 14.4. The first-order valence-corrected chi connectivity index (χ1v) is 8.50. The number of halogens is 3. The smallest absolute Gasteiger partial charge is 0.310 e. The van der Waals surface area contributed by atoms with E-state index in [-0.39, 0.29) is 29.2 Å². The van der Waals surface area contributed by atoms with E-state index in [0.29, 0.717) is 5.56 Å². The molecule has 0 fully saturated rings. The third kappa shape index (κ3) is 3.17. The summed E-state index contributed by atoms with van der Waals surface area (Å²) in [5.41, 5.74) is -0.922. The van der Waals surface area contributed by atoms with Gasteiger partial charge in [-0.2, -0.15) is 13.2 Å². The van der Waals surface area contributed by atoms with Crippen LogP contribution in [0.5, 0.6) is 0 Å². The molecule has 1 aliphatic rings. The summed E-state index contributed by atoms with van der Waals surface area (Å²) in [6, 6.07) is 13.7. The number of alkyl halides is 3. The van der Waals surface area contributed by atoms with Gasteiger partial charge in [0, 0.05) is 17.9 Å². The number of carbonyl (C=O) groups excluding carboxylic acids is 1. The fourth-order valence-corrected chi connectivity index (χ4v) is 3.43. The van der Waals surface area contributed by atoms with Crippen LogP contribution in [0.1, 0.15) is 29.0 Å². The molecule has 5 nitrogen and oxygen atoms in total. The number of amides is 1. The Hall–Kier alpha value is -3.42. The van der Waals surface area contributed by atoms with Gasteiger partial charge in [0.25, 0.3) is 5.56 Å². The van der Waals surface area contributed by atoms with Crippen molar-refractivity contribution in [2.45, 2.75) is 18.5 Å². The van der Waals surface area contributed by atoms with Crippen LogP contribution in [-0.2, 0) is 11.0 Å². The summed E-state index contributed by atoms with van der Waals surface area (Å²) in [5.74, 6) is -1.32. The van der Waals surface area contributed by atoms with Crippen molar-refractivity contribution < 1.29 is 18.0 Å². The first-order valence-electron chi connectivity index (χ1n) is 8.50. The standard InChI is InChI=1S/C20H14F3N3O2/c21-20(22,23)14-9-5-4-8-12(14)13-10-15(27)24-18-16(13)19(28)26-17(25-18)11-6-2-1-3-7-11/h1-9,13H,10H2,(H2,24,25,26,27,28)/t13-/m1/s1. The molecule has 1 amide bonds. The molecule has 0 aliphatic carbocycles. The van der Waals surface area contributed by atoms with E-state index >= 15 is 0 Å². The van der Waals surface area contributed by atoms with Gasteiger partial charge in [-0.15, -0.1) is 0 Å². The van der Waals surface area contributed by atoms with Gasteiger partial charge in [-0.25, -0.2) is 4.98 Å². The van der Waals surface area contributed by atoms with E-state index in [1.54, 1.807) is 30.3 Å². The Morgan fingerprint density at radius 2 is 1.64 bits per heavy atom. The zero-order valence-corrected chi connectivity index (χ0v) is 14.4. The van der Waals surface area contributed by atoms with E-state index < -0.39 is 29.1 Å². The third-order valence-electron chi connectivity index (χ3n) is 4.64. The summed E-state index contributed by atoms with van der Waals surface area (Å²) in [6.07, 6.45) is -4.87. The molecule has 2 aromatic carbocycles. The molecule has 3 aromatic rings. The fourth-order valence-electron chi connectivity index (χ4n) is 3.43. The van der Waals surface area contributed by atoms with E-state index in [2.05, 4.69) is 15.3 Å². The molecule has 0 saturated heterocycles. The molecule has 0 radical (unpaired) electrons. The van der Waals surface area contributed by atoms with Crippen LogP contribution in [0, 0.1) is 0 Å². The van der Waals surface area contributed by atoms with Crippen LogP contribution < -0.4 is 10.9 Å². The van der Waals surface area contributed by atoms with Crippen molar-refractivity contribution >= 4 is 11.7 Å². The highest BCUT2D eigenvalue weighted by molar-refractivity contribution is 5.94. The van der Waals surface area contributed by atoms with E-state index in [1.165, 1.54) is 18.2 Å². The largest absolute Gasteiger partial charge is 0.416 e. The number of fused-ring (bicyclic) bond motifs is 1. The average molecular weight is 385 g/mol. The van der Waals surface area contributed by atoms with Crippen molar-refractivity contribution in [2.75, 3.05) is 5.32 Å². The maximum Gasteiger partial charge on any atom is 0.416 e. The molecule has 2 N–H and O–H groups in total. The molecule has 1 aliphatic heterocycles. The molecule has 142 valence electrons. The highest BCUT2D eigenvalue weighted by atomic mass is 19.4. The van der Waals surface area contributed by atoms with Crippen molar-refractivity contribution in [2.24, 2.45) is 0 Å². The van der Waals surface area contributed by atoms with Gasteiger partial charge in [-0.3, -0.25) is 9.59 Å². The quantitative estimate of drug-likeness (QED) is 0.702. The van der Waals surface area contributed by atoms with Gasteiger partial charge in [0.2, 0.25) is 5.91 Å². The zero-order chi connectivity index (χ0) is 19.9. The summed E-state index contributed by atoms with van der Waals surface area (Å²) in [4.78, 5) is 31.9. The lowest BCUT2D eigenvalue weighted by atomic mass is 9.84. The molecular formula is C20H14F3N3O2. The number of rotatable bonds is 2. The monoisotopic (exact) mass is 385 g/mol. The number of H-pyrrole nitrogens is 1. The van der Waals surface area contributed by atoms with Gasteiger partial charge in [0.15, 0.2) is 0 Å². The summed E-state index contributed by atoms with van der Waals surface area (Å²) in [7, 11) is 0. The molecule has 28 heavy (non-hydrogen) atoms. The molecule has 4 rings (SSSR count). The molecule has 8 heteroatoms. The molecule has 1 atom stereocenters. The van der Waals surface area contributed by atoms with Gasteiger partial charge in [0.1, 0.15) is 11.6 Å². The number of carbonyl (C=O) groups is 1. The Bertz CT molecular complexity index is 1110. The Balaban J connectivity index is 1.90. The summed E-state index contributed by atoms with van der Waals surface area (Å²) in [5, 5.41) is 2.52. The van der Waals surface area contributed by atoms with E-state index in [9.17, 15) is 22.8 Å². The second kappa shape index (κ2) is 6.63. The molecule has 0 saturated carbocycles. The molecule has 1 aromatic heterocycles. The summed E-state index contributed by atoms with van der Waals surface area (Å²) in [6.45, 7) is 0. The average Bonchev–Trinajstić information content (AvgIpc) is 2.67. The lowest BCUT2D eigenvalue weighted by molar-refractivity contribution is -0.138. The highest BCUT2D eigenvalue weighted by Gasteiger charge is 2.39. The number of aromatic nitrogens is 2. The lowest BCUT2D eigenvalue weighted by Crippen LogP contribution is -2.32. The Kier molecular flexibility index (Phi) is 4.26. The molecule has 0 spiro atoms. The first-order chi connectivity index (χ1) is 13.3. The second-order valence-corrected chi connectivity index (χ2v) is 6.43. The number of hydrogen-bond donors (Lipinski definition) is 2. The molecule has 2 heterocycles. The van der Waals surface area contributed by atoms with Crippen molar-refractivity contribution in [3.8, 4) is 11.4 Å². The van der Waals surface area contributed by atoms with Gasteiger partial charge < -0.3 is 10.3 Å². The van der Waals surface area contributed by atoms with Crippen LogP contribution in [0.2, 0.25) is 0 Å². The minimum atomic E-state index is -4.60. The van der Waals surface area contributed by atoms with Crippen LogP contribution in [0.3, 0.4) is 0 Å². The van der Waals surface area contributed by atoms with Gasteiger partial charge in [-0.05, 0) is 11.6 Å². The highest BCUT2D eigenvalue weighted by Crippen LogP contribution is 2.41. The summed E-state index contributed by atoms with van der Waals surface area (Å²) < 4.78 is 40.4. The van der Waals surface area contributed by atoms with Crippen LogP contribution >= 0.6 is 0 Å². The number of nitrogens with one attached hydrogen (secondary N) is 2. The Morgan fingerprint density at radius 1 is 0.964 bits per heavy atom. The predicted molar refractivity (Wildman–Crippen MR) is 96.8 cm³/mol. The van der Waals surface area contributed by atoms with Crippen molar-refractivity contribution in [1.29, 1.82) is 0 Å². The van der Waals surface area contributed by atoms with Gasteiger partial charge >= 0.3 is 6.18 Å². The Labute approximate surface area is 157 Å². The van der Waals surface area contributed by atoms with Crippen molar-refractivity contribution in [1.82, 2.24) is 9.97 Å². The second-order valence-electron chi connectivity index (χ2n) is 6.43. The normalized spacial score (nSPS) is 16.4. The number of anilines is 1. The van der Waals surface area contributed by atoms with Crippen LogP contribution in [-0.4, -0.2) is 15.9 Å². The van der Waals surface area contributed by atoms with Gasteiger partial charge in [0.05, 0.1) is 11.1 Å².